The van der Waals surface area contributed by atoms with Gasteiger partial charge in [0, 0.05) is 30.5 Å². The Labute approximate surface area is 130 Å². The SMILES string of the molecule is CCc1ccc(CCC(=O)NCCc2cnc(C)s2)cc1. The van der Waals surface area contributed by atoms with Crippen LogP contribution in [0.25, 0.3) is 0 Å². The van der Waals surface area contributed by atoms with Crippen LogP contribution in [0.1, 0.15) is 34.4 Å². The Balaban J connectivity index is 1.67. The quantitative estimate of drug-likeness (QED) is 0.852. The van der Waals surface area contributed by atoms with Gasteiger partial charge in [-0.2, -0.15) is 0 Å². The lowest BCUT2D eigenvalue weighted by Gasteiger charge is -2.05. The molecule has 0 aliphatic heterocycles. The van der Waals surface area contributed by atoms with Crippen LogP contribution in [0.5, 0.6) is 0 Å². The molecular weight excluding hydrogens is 280 g/mol. The van der Waals surface area contributed by atoms with Crippen molar-refractivity contribution in [2.75, 3.05) is 6.54 Å². The van der Waals surface area contributed by atoms with Gasteiger partial charge in [-0.05, 0) is 30.9 Å². The molecule has 0 saturated carbocycles. The normalized spacial score (nSPS) is 10.6. The summed E-state index contributed by atoms with van der Waals surface area (Å²) in [5.41, 5.74) is 2.56. The third-order valence-electron chi connectivity index (χ3n) is 3.43. The van der Waals surface area contributed by atoms with E-state index in [0.717, 1.165) is 24.3 Å². The topological polar surface area (TPSA) is 42.0 Å². The molecule has 112 valence electrons. The highest BCUT2D eigenvalue weighted by atomic mass is 32.1. The first-order valence-electron chi connectivity index (χ1n) is 7.43. The molecule has 0 bridgehead atoms. The number of hydrogen-bond acceptors (Lipinski definition) is 3. The molecule has 2 rings (SSSR count). The fourth-order valence-electron chi connectivity index (χ4n) is 2.13. The molecule has 0 aliphatic rings. The van der Waals surface area contributed by atoms with Crippen LogP contribution >= 0.6 is 11.3 Å². The number of nitrogens with one attached hydrogen (secondary N) is 1. The molecule has 1 amide bonds. The summed E-state index contributed by atoms with van der Waals surface area (Å²) in [7, 11) is 0. The van der Waals surface area contributed by atoms with Crippen molar-refractivity contribution in [3.05, 3.63) is 51.5 Å². The summed E-state index contributed by atoms with van der Waals surface area (Å²) < 4.78 is 0. The summed E-state index contributed by atoms with van der Waals surface area (Å²) >= 11 is 1.69. The summed E-state index contributed by atoms with van der Waals surface area (Å²) in [6.07, 6.45) is 5.16. The zero-order chi connectivity index (χ0) is 15.1. The summed E-state index contributed by atoms with van der Waals surface area (Å²) in [5.74, 6) is 0.121. The smallest absolute Gasteiger partial charge is 0.220 e. The van der Waals surface area contributed by atoms with Gasteiger partial charge >= 0.3 is 0 Å². The first-order chi connectivity index (χ1) is 10.2. The molecule has 1 N–H and O–H groups in total. The van der Waals surface area contributed by atoms with E-state index in [2.05, 4.69) is 41.5 Å². The minimum Gasteiger partial charge on any atom is -0.356 e. The number of aryl methyl sites for hydroxylation is 3. The van der Waals surface area contributed by atoms with E-state index in [-0.39, 0.29) is 5.91 Å². The lowest BCUT2D eigenvalue weighted by Crippen LogP contribution is -2.25. The minimum absolute atomic E-state index is 0.121. The summed E-state index contributed by atoms with van der Waals surface area (Å²) in [6.45, 7) is 4.83. The monoisotopic (exact) mass is 302 g/mol. The van der Waals surface area contributed by atoms with Crippen molar-refractivity contribution in [3.8, 4) is 0 Å². The first-order valence-corrected chi connectivity index (χ1v) is 8.25. The number of hydrogen-bond donors (Lipinski definition) is 1. The molecule has 0 aliphatic carbocycles. The summed E-state index contributed by atoms with van der Waals surface area (Å²) in [5, 5.41) is 4.05. The third-order valence-corrected chi connectivity index (χ3v) is 4.41. The standard InChI is InChI=1S/C17H22N2OS/c1-3-14-4-6-15(7-5-14)8-9-17(20)18-11-10-16-12-19-13(2)21-16/h4-7,12H,3,8-11H2,1-2H3,(H,18,20). The Morgan fingerprint density at radius 3 is 2.52 bits per heavy atom. The molecule has 0 spiro atoms. The number of rotatable bonds is 7. The van der Waals surface area contributed by atoms with Gasteiger partial charge in [0.25, 0.3) is 0 Å². The van der Waals surface area contributed by atoms with Gasteiger partial charge in [0.2, 0.25) is 5.91 Å². The Bertz CT molecular complexity index is 575. The lowest BCUT2D eigenvalue weighted by atomic mass is 10.1. The van der Waals surface area contributed by atoms with Gasteiger partial charge in [-0.15, -0.1) is 11.3 Å². The maximum absolute atomic E-state index is 11.8. The van der Waals surface area contributed by atoms with Crippen LogP contribution in [0.3, 0.4) is 0 Å². The Kier molecular flexibility index (Phi) is 5.93. The van der Waals surface area contributed by atoms with E-state index in [1.54, 1.807) is 11.3 Å². The fraction of sp³-hybridized carbons (Fsp3) is 0.412. The average molecular weight is 302 g/mol. The number of nitrogens with zero attached hydrogens (tertiary/aromatic N) is 1. The van der Waals surface area contributed by atoms with Crippen molar-refractivity contribution < 1.29 is 4.79 Å². The minimum atomic E-state index is 0.121. The van der Waals surface area contributed by atoms with E-state index in [9.17, 15) is 4.79 Å². The zero-order valence-corrected chi connectivity index (χ0v) is 13.5. The molecule has 21 heavy (non-hydrogen) atoms. The van der Waals surface area contributed by atoms with Gasteiger partial charge in [-0.1, -0.05) is 31.2 Å². The highest BCUT2D eigenvalue weighted by molar-refractivity contribution is 7.11. The Morgan fingerprint density at radius 2 is 1.90 bits per heavy atom. The second-order valence-electron chi connectivity index (χ2n) is 5.12. The summed E-state index contributed by atoms with van der Waals surface area (Å²) in [6, 6.07) is 8.51. The molecule has 0 fully saturated rings. The molecule has 1 aromatic carbocycles. The molecule has 0 unspecified atom stereocenters. The molecular formula is C17H22N2OS. The van der Waals surface area contributed by atoms with Crippen molar-refractivity contribution in [2.24, 2.45) is 0 Å². The zero-order valence-electron chi connectivity index (χ0n) is 12.7. The predicted molar refractivity (Wildman–Crippen MR) is 87.7 cm³/mol. The van der Waals surface area contributed by atoms with Gasteiger partial charge in [0.15, 0.2) is 0 Å². The largest absolute Gasteiger partial charge is 0.356 e. The van der Waals surface area contributed by atoms with Crippen LogP contribution in [-0.2, 0) is 24.1 Å². The fourth-order valence-corrected chi connectivity index (χ4v) is 2.93. The third kappa shape index (κ3) is 5.31. The van der Waals surface area contributed by atoms with Gasteiger partial charge in [-0.25, -0.2) is 4.98 Å². The molecule has 0 atom stereocenters. The molecule has 3 nitrogen and oxygen atoms in total. The average Bonchev–Trinajstić information content (AvgIpc) is 2.91. The van der Waals surface area contributed by atoms with Crippen molar-refractivity contribution in [1.82, 2.24) is 10.3 Å². The number of benzene rings is 1. The van der Waals surface area contributed by atoms with E-state index in [0.29, 0.717) is 13.0 Å². The number of carbonyl (C=O) groups excluding carboxylic acids is 1. The van der Waals surface area contributed by atoms with Crippen LogP contribution in [0, 0.1) is 6.92 Å². The van der Waals surface area contributed by atoms with E-state index >= 15 is 0 Å². The number of aromatic nitrogens is 1. The number of amides is 1. The van der Waals surface area contributed by atoms with Crippen LogP contribution in [0.4, 0.5) is 0 Å². The van der Waals surface area contributed by atoms with Gasteiger partial charge < -0.3 is 5.32 Å². The van der Waals surface area contributed by atoms with E-state index < -0.39 is 0 Å². The molecule has 0 saturated heterocycles. The van der Waals surface area contributed by atoms with E-state index in [1.807, 2.05) is 13.1 Å². The van der Waals surface area contributed by atoms with Crippen LogP contribution in [0.15, 0.2) is 30.5 Å². The Hall–Kier alpha value is -1.68. The van der Waals surface area contributed by atoms with Crippen molar-refractivity contribution in [3.63, 3.8) is 0 Å². The molecule has 0 radical (unpaired) electrons. The maximum Gasteiger partial charge on any atom is 0.220 e. The second-order valence-corrected chi connectivity index (χ2v) is 6.43. The van der Waals surface area contributed by atoms with Gasteiger partial charge in [0.1, 0.15) is 0 Å². The second kappa shape index (κ2) is 7.93. The van der Waals surface area contributed by atoms with Crippen LogP contribution < -0.4 is 5.32 Å². The van der Waals surface area contributed by atoms with Crippen LogP contribution in [0.2, 0.25) is 0 Å². The number of thiazole rings is 1. The van der Waals surface area contributed by atoms with Crippen molar-refractivity contribution in [1.29, 1.82) is 0 Å². The molecule has 2 aromatic rings. The highest BCUT2D eigenvalue weighted by Gasteiger charge is 2.03. The predicted octanol–water partition coefficient (Wildman–Crippen LogP) is 3.31. The summed E-state index contributed by atoms with van der Waals surface area (Å²) in [4.78, 5) is 17.2. The maximum atomic E-state index is 11.8. The van der Waals surface area contributed by atoms with Gasteiger partial charge in [-0.3, -0.25) is 4.79 Å². The highest BCUT2D eigenvalue weighted by Crippen LogP contribution is 2.11. The van der Waals surface area contributed by atoms with Crippen molar-refractivity contribution >= 4 is 17.2 Å². The Morgan fingerprint density at radius 1 is 1.19 bits per heavy atom. The molecule has 1 heterocycles. The first kappa shape index (κ1) is 15.7. The van der Waals surface area contributed by atoms with Crippen LogP contribution in [-0.4, -0.2) is 17.4 Å². The lowest BCUT2D eigenvalue weighted by molar-refractivity contribution is -0.121. The van der Waals surface area contributed by atoms with E-state index in [1.165, 1.54) is 16.0 Å². The van der Waals surface area contributed by atoms with Crippen molar-refractivity contribution in [2.45, 2.75) is 39.5 Å². The molecule has 1 aromatic heterocycles. The van der Waals surface area contributed by atoms with Gasteiger partial charge in [0.05, 0.1) is 5.01 Å². The molecule has 4 heteroatoms. The van der Waals surface area contributed by atoms with E-state index in [4.69, 9.17) is 0 Å². The number of carbonyl (C=O) groups is 1.